The summed E-state index contributed by atoms with van der Waals surface area (Å²) in [4.78, 5) is 12.0. The molecular weight excluding hydrogens is 364 g/mol. The lowest BCUT2D eigenvalue weighted by atomic mass is 10.00. The van der Waals surface area contributed by atoms with Gasteiger partial charge in [0.05, 0.1) is 5.69 Å². The first-order valence-corrected chi connectivity index (χ1v) is 9.72. The molecule has 124 valence electrons. The van der Waals surface area contributed by atoms with Gasteiger partial charge in [-0.3, -0.25) is 0 Å². The zero-order valence-corrected chi connectivity index (χ0v) is 15.2. The Morgan fingerprint density at radius 2 is 1.92 bits per heavy atom. The number of rotatable bonds is 4. The van der Waals surface area contributed by atoms with Crippen LogP contribution < -0.4 is 10.2 Å². The summed E-state index contributed by atoms with van der Waals surface area (Å²) >= 11 is 3.58. The zero-order valence-electron chi connectivity index (χ0n) is 13.6. The summed E-state index contributed by atoms with van der Waals surface area (Å²) in [5.41, 5.74) is 4.09. The van der Waals surface area contributed by atoms with E-state index in [4.69, 9.17) is 9.97 Å². The van der Waals surface area contributed by atoms with Gasteiger partial charge in [-0.15, -0.1) is 0 Å². The highest BCUT2D eigenvalue weighted by atomic mass is 79.9. The van der Waals surface area contributed by atoms with Crippen LogP contribution in [0.15, 0.2) is 28.7 Å². The number of nitrogens with zero attached hydrogens (tertiary/aromatic N) is 3. The van der Waals surface area contributed by atoms with E-state index in [0.29, 0.717) is 12.0 Å². The Bertz CT molecular complexity index is 783. The fourth-order valence-electron chi connectivity index (χ4n) is 3.39. The summed E-state index contributed by atoms with van der Waals surface area (Å²) in [7, 11) is 0. The Morgan fingerprint density at radius 3 is 2.71 bits per heavy atom. The number of hydrogen-bond donors (Lipinski definition) is 1. The number of nitrogens with one attached hydrogen (secondary N) is 1. The quantitative estimate of drug-likeness (QED) is 0.854. The Balaban J connectivity index is 1.45. The molecule has 0 amide bonds. The summed E-state index contributed by atoms with van der Waals surface area (Å²) in [6.45, 7) is 1.96. The minimum atomic E-state index is 0.590. The molecule has 1 aromatic heterocycles. The van der Waals surface area contributed by atoms with Crippen molar-refractivity contribution in [1.29, 1.82) is 0 Å². The molecule has 0 radical (unpaired) electrons. The average molecular weight is 385 g/mol. The van der Waals surface area contributed by atoms with Gasteiger partial charge in [-0.2, -0.15) is 4.98 Å². The van der Waals surface area contributed by atoms with E-state index in [1.807, 2.05) is 0 Å². The molecule has 0 bridgehead atoms. The molecule has 1 aliphatic heterocycles. The topological polar surface area (TPSA) is 41.1 Å². The molecular formula is C19H21BrN4. The van der Waals surface area contributed by atoms with E-state index in [-0.39, 0.29) is 0 Å². The SMILES string of the molecule is Brc1ccc2c(c1)CCN(c1cc(C3CC3)nc(NC3CC3)n1)C2. The Morgan fingerprint density at radius 1 is 1.04 bits per heavy atom. The number of aromatic nitrogens is 2. The predicted octanol–water partition coefficient (Wildman–Crippen LogP) is 4.25. The molecule has 0 saturated heterocycles. The summed E-state index contributed by atoms with van der Waals surface area (Å²) < 4.78 is 1.17. The van der Waals surface area contributed by atoms with E-state index in [0.717, 1.165) is 31.3 Å². The highest BCUT2D eigenvalue weighted by Gasteiger charge is 2.29. The third-order valence-corrected chi connectivity index (χ3v) is 5.64. The van der Waals surface area contributed by atoms with Crippen molar-refractivity contribution in [2.75, 3.05) is 16.8 Å². The summed E-state index contributed by atoms with van der Waals surface area (Å²) in [6.07, 6.45) is 6.12. The van der Waals surface area contributed by atoms with Gasteiger partial charge in [0.2, 0.25) is 5.95 Å². The molecule has 1 aromatic carbocycles. The van der Waals surface area contributed by atoms with E-state index in [1.54, 1.807) is 0 Å². The molecule has 1 N–H and O–H groups in total. The summed E-state index contributed by atoms with van der Waals surface area (Å²) in [5.74, 6) is 2.57. The molecule has 5 heteroatoms. The Hall–Kier alpha value is -1.62. The molecule has 4 nitrogen and oxygen atoms in total. The second kappa shape index (κ2) is 5.73. The molecule has 0 unspecified atom stereocenters. The molecule has 0 spiro atoms. The van der Waals surface area contributed by atoms with Crippen molar-refractivity contribution in [1.82, 2.24) is 9.97 Å². The lowest BCUT2D eigenvalue weighted by Crippen LogP contribution is -2.31. The van der Waals surface area contributed by atoms with Gasteiger partial charge in [0.25, 0.3) is 0 Å². The van der Waals surface area contributed by atoms with E-state index in [2.05, 4.69) is 50.4 Å². The molecule has 2 saturated carbocycles. The van der Waals surface area contributed by atoms with Crippen LogP contribution in [0.3, 0.4) is 0 Å². The van der Waals surface area contributed by atoms with E-state index in [1.165, 1.54) is 47.0 Å². The van der Waals surface area contributed by atoms with Crippen molar-refractivity contribution in [3.05, 3.63) is 45.6 Å². The van der Waals surface area contributed by atoms with Crippen molar-refractivity contribution in [3.8, 4) is 0 Å². The first-order valence-electron chi connectivity index (χ1n) is 8.92. The first-order chi connectivity index (χ1) is 11.7. The smallest absolute Gasteiger partial charge is 0.225 e. The maximum absolute atomic E-state index is 4.83. The molecule has 5 rings (SSSR count). The number of anilines is 2. The Labute approximate surface area is 150 Å². The largest absolute Gasteiger partial charge is 0.352 e. The van der Waals surface area contributed by atoms with E-state index in [9.17, 15) is 0 Å². The van der Waals surface area contributed by atoms with Crippen LogP contribution >= 0.6 is 15.9 Å². The van der Waals surface area contributed by atoms with Crippen LogP contribution in [-0.2, 0) is 13.0 Å². The van der Waals surface area contributed by atoms with E-state index >= 15 is 0 Å². The van der Waals surface area contributed by atoms with Crippen LogP contribution in [0.4, 0.5) is 11.8 Å². The second-order valence-electron chi connectivity index (χ2n) is 7.25. The molecule has 2 fully saturated rings. The van der Waals surface area contributed by atoms with Crippen molar-refractivity contribution >= 4 is 27.7 Å². The second-order valence-corrected chi connectivity index (χ2v) is 8.17. The van der Waals surface area contributed by atoms with Crippen molar-refractivity contribution in [2.45, 2.75) is 50.6 Å². The maximum Gasteiger partial charge on any atom is 0.225 e. The lowest BCUT2D eigenvalue weighted by Gasteiger charge is -2.30. The van der Waals surface area contributed by atoms with Gasteiger partial charge in [-0.05, 0) is 55.4 Å². The van der Waals surface area contributed by atoms with Crippen LogP contribution in [0.5, 0.6) is 0 Å². The van der Waals surface area contributed by atoms with Gasteiger partial charge in [0.1, 0.15) is 5.82 Å². The van der Waals surface area contributed by atoms with Crippen LogP contribution in [0.25, 0.3) is 0 Å². The van der Waals surface area contributed by atoms with Gasteiger partial charge >= 0.3 is 0 Å². The van der Waals surface area contributed by atoms with Gasteiger partial charge < -0.3 is 10.2 Å². The van der Waals surface area contributed by atoms with Crippen molar-refractivity contribution in [3.63, 3.8) is 0 Å². The van der Waals surface area contributed by atoms with Crippen molar-refractivity contribution in [2.24, 2.45) is 0 Å². The fraction of sp³-hybridized carbons (Fsp3) is 0.474. The predicted molar refractivity (Wildman–Crippen MR) is 99.5 cm³/mol. The van der Waals surface area contributed by atoms with E-state index < -0.39 is 0 Å². The van der Waals surface area contributed by atoms with Crippen molar-refractivity contribution < 1.29 is 0 Å². The number of benzene rings is 1. The molecule has 2 heterocycles. The average Bonchev–Trinajstić information content (AvgIpc) is 3.47. The highest BCUT2D eigenvalue weighted by molar-refractivity contribution is 9.10. The molecule has 24 heavy (non-hydrogen) atoms. The van der Waals surface area contributed by atoms with Gasteiger partial charge in [-0.25, -0.2) is 4.98 Å². The summed E-state index contributed by atoms with van der Waals surface area (Å²) in [6, 6.07) is 9.43. The van der Waals surface area contributed by atoms with Gasteiger partial charge in [-0.1, -0.05) is 22.0 Å². The molecule has 3 aliphatic rings. The molecule has 0 atom stereocenters. The van der Waals surface area contributed by atoms with Gasteiger partial charge in [0, 0.05) is 35.6 Å². The minimum Gasteiger partial charge on any atom is -0.352 e. The number of halogens is 1. The summed E-state index contributed by atoms with van der Waals surface area (Å²) in [5, 5.41) is 3.49. The lowest BCUT2D eigenvalue weighted by molar-refractivity contribution is 0.717. The first kappa shape index (κ1) is 14.7. The van der Waals surface area contributed by atoms with Crippen LogP contribution in [-0.4, -0.2) is 22.6 Å². The molecule has 2 aromatic rings. The molecule has 2 aliphatic carbocycles. The number of fused-ring (bicyclic) bond motifs is 1. The normalized spacial score (nSPS) is 20.0. The van der Waals surface area contributed by atoms with Crippen LogP contribution in [0, 0.1) is 0 Å². The fourth-order valence-corrected chi connectivity index (χ4v) is 3.80. The zero-order chi connectivity index (χ0) is 16.1. The standard InChI is InChI=1S/C19H21BrN4/c20-15-4-3-14-11-24(8-7-13(14)9-15)18-10-17(12-1-2-12)22-19(23-18)21-16-5-6-16/h3-4,9-10,12,16H,1-2,5-8,11H2,(H,21,22,23). The maximum atomic E-state index is 4.83. The third kappa shape index (κ3) is 3.02. The van der Waals surface area contributed by atoms with Crippen LogP contribution in [0.2, 0.25) is 0 Å². The Kier molecular flexibility index (Phi) is 3.51. The van der Waals surface area contributed by atoms with Gasteiger partial charge in [0.15, 0.2) is 0 Å². The highest BCUT2D eigenvalue weighted by Crippen LogP contribution is 2.41. The third-order valence-electron chi connectivity index (χ3n) is 5.14. The number of hydrogen-bond acceptors (Lipinski definition) is 4. The van der Waals surface area contributed by atoms with Crippen LogP contribution in [0.1, 0.15) is 48.4 Å². The minimum absolute atomic E-state index is 0.590. The monoisotopic (exact) mass is 384 g/mol.